The topological polar surface area (TPSA) is 241 Å². The average Bonchev–Trinajstić information content (AvgIpc) is 3.36. The molecular formula is C57H71F6IN2O10. The molecule has 12 nitrogen and oxygen atoms in total. The van der Waals surface area contributed by atoms with Gasteiger partial charge < -0.3 is 56.8 Å². The summed E-state index contributed by atoms with van der Waals surface area (Å²) >= 11 is 1.95. The fourth-order valence-corrected chi connectivity index (χ4v) is 6.79. The third-order valence-corrected chi connectivity index (χ3v) is 11.5. The number of hydrogen-bond acceptors (Lipinski definition) is 11. The molecule has 4 atom stereocenters. The van der Waals surface area contributed by atoms with Crippen molar-refractivity contribution >= 4 is 28.4 Å². The number of hydrogen-bond donors (Lipinski definition) is 11. The predicted octanol–water partition coefficient (Wildman–Crippen LogP) is 13.1. The number of nitrogens with two attached hydrogens (primary N) is 1. The summed E-state index contributed by atoms with van der Waals surface area (Å²) in [5, 5.41) is 92.0. The molecule has 76 heavy (non-hydrogen) atoms. The number of halogens is 7. The first-order valence-electron chi connectivity index (χ1n) is 24.0. The highest BCUT2D eigenvalue weighted by atomic mass is 127. The van der Waals surface area contributed by atoms with Gasteiger partial charge in [0.2, 0.25) is 0 Å². The van der Waals surface area contributed by atoms with Crippen molar-refractivity contribution in [2.75, 3.05) is 0 Å². The van der Waals surface area contributed by atoms with Crippen LogP contribution in [0.15, 0.2) is 108 Å². The van der Waals surface area contributed by atoms with Crippen LogP contribution < -0.4 is 5.73 Å². The lowest BCUT2D eigenvalue weighted by Gasteiger charge is -2.15. The maximum Gasteiger partial charge on any atom is 0.164 e. The average molecular weight is 1180 g/mol. The van der Waals surface area contributed by atoms with Crippen molar-refractivity contribution in [2.24, 2.45) is 28.5 Å². The zero-order valence-corrected chi connectivity index (χ0v) is 46.0. The van der Waals surface area contributed by atoms with E-state index in [2.05, 4.69) is 4.99 Å². The molecule has 12 N–H and O–H groups in total. The third-order valence-electron chi connectivity index (χ3n) is 10.7. The Balaban J connectivity index is 0.000000456. The zero-order valence-electron chi connectivity index (χ0n) is 43.8. The number of aromatic hydroxyl groups is 6. The van der Waals surface area contributed by atoms with Crippen LogP contribution in [0.25, 0.3) is 0 Å². The van der Waals surface area contributed by atoms with Gasteiger partial charge in [0.15, 0.2) is 34.6 Å². The Morgan fingerprint density at radius 1 is 0.513 bits per heavy atom. The Morgan fingerprint density at radius 3 is 1.50 bits per heavy atom. The maximum absolute atomic E-state index is 13.1. The summed E-state index contributed by atoms with van der Waals surface area (Å²) in [7, 11) is 0. The van der Waals surface area contributed by atoms with Gasteiger partial charge in [0.1, 0.15) is 34.8 Å². The van der Waals surface area contributed by atoms with Gasteiger partial charge in [-0.3, -0.25) is 4.99 Å². The fraction of sp³-hybridized carbons (Fsp3) is 0.351. The second kappa shape index (κ2) is 33.7. The number of phenolic OH excluding ortho intramolecular Hbond substituents is 6. The SMILES string of the molecule is CC(C)C(O)c1ccc([18F])cc1.CC(C)[C@H](O)c1cc(O)ccc1[18F].CC(C)[C@H](O)c1ccc([18F])c(O)c1.CC(N)=NCc1ccc([18F])c(I)c1.CCCc1cc(O)c(O)cc1[18F].CC[C@H](O)c1cc(O)c(O)cc1[18F]. The molecule has 0 aliphatic heterocycles. The lowest BCUT2D eigenvalue weighted by atomic mass is 9.98. The second-order valence-corrected chi connectivity index (χ2v) is 19.4. The monoisotopic (exact) mass is 1180 g/mol. The van der Waals surface area contributed by atoms with E-state index in [-0.39, 0.29) is 52.0 Å². The van der Waals surface area contributed by atoms with Gasteiger partial charge in [0.05, 0.1) is 36.8 Å². The second-order valence-electron chi connectivity index (χ2n) is 18.2. The normalized spacial score (nSPS) is 12.5. The van der Waals surface area contributed by atoms with Gasteiger partial charge in [0.25, 0.3) is 0 Å². The molecule has 0 spiro atoms. The van der Waals surface area contributed by atoms with E-state index in [1.54, 1.807) is 52.0 Å². The molecule has 1 unspecified atom stereocenters. The predicted molar refractivity (Wildman–Crippen MR) is 291 cm³/mol. The number of aliphatic imine (C=N–C) groups is 1. The Morgan fingerprint density at radius 2 is 1.00 bits per heavy atom. The molecule has 19 heteroatoms. The van der Waals surface area contributed by atoms with Crippen LogP contribution in [-0.4, -0.2) is 56.9 Å². The van der Waals surface area contributed by atoms with Crippen LogP contribution in [0, 0.1) is 56.2 Å². The fourth-order valence-electron chi connectivity index (χ4n) is 6.21. The molecule has 0 bridgehead atoms. The third kappa shape index (κ3) is 23.7. The first kappa shape index (κ1) is 67.8. The molecule has 0 aliphatic carbocycles. The number of rotatable bonds is 12. The largest absolute Gasteiger partial charge is 0.508 e. The number of amidine groups is 1. The van der Waals surface area contributed by atoms with E-state index in [0.29, 0.717) is 39.9 Å². The Bertz CT molecular complexity index is 2730. The number of aryl methyl sites for hydroxylation is 1. The van der Waals surface area contributed by atoms with Crippen molar-refractivity contribution in [1.29, 1.82) is 0 Å². The Labute approximate surface area is 454 Å². The van der Waals surface area contributed by atoms with Crippen LogP contribution in [-0.2, 0) is 13.0 Å². The summed E-state index contributed by atoms with van der Waals surface area (Å²) in [5.41, 5.74) is 8.24. The van der Waals surface area contributed by atoms with Crippen molar-refractivity contribution < 1.29 is 77.4 Å². The van der Waals surface area contributed by atoms with E-state index < -0.39 is 70.7 Å². The van der Waals surface area contributed by atoms with Gasteiger partial charge in [-0.25, -0.2) is 26.3 Å². The van der Waals surface area contributed by atoms with Gasteiger partial charge in [-0.05, 0) is 149 Å². The van der Waals surface area contributed by atoms with E-state index in [1.165, 1.54) is 48.5 Å². The van der Waals surface area contributed by atoms with Gasteiger partial charge in [-0.15, -0.1) is 0 Å². The molecule has 6 aromatic carbocycles. The molecule has 0 heterocycles. The van der Waals surface area contributed by atoms with E-state index in [0.717, 1.165) is 47.9 Å². The molecule has 0 saturated heterocycles. The molecule has 0 amide bonds. The van der Waals surface area contributed by atoms with Gasteiger partial charge in [-0.1, -0.05) is 86.1 Å². The lowest BCUT2D eigenvalue weighted by Crippen LogP contribution is -2.07. The minimum atomic E-state index is -0.952. The van der Waals surface area contributed by atoms with Gasteiger partial charge in [0, 0.05) is 26.8 Å². The molecule has 6 aromatic rings. The van der Waals surface area contributed by atoms with Crippen LogP contribution in [0.2, 0.25) is 0 Å². The van der Waals surface area contributed by atoms with Crippen molar-refractivity contribution in [3.8, 4) is 34.5 Å². The standard InChI is InChI=1S/2C10H13FO2.C10H13FO.C9H10FIN2.C9H11FO3.C9H11FO2/c1-6(2)10(13)8-5-7(12)3-4-9(8)11;1-6(2)10(13)7-3-4-8(11)9(12)5-7;1-7(2)10(12)8-3-5-9(11)6-4-8;1-6(12)13-5-7-2-3-8(10)9(11)4-7;1-2-7(11)5-3-8(12)9(13)4-6(5)10;1-2-3-6-4-8(11)9(12)5-7(6)10/h2*3-6,10,12-13H,1-2H3;3-7,10,12H,1-2H3;2-4H,5H2,1H3,(H2,12,13);3-4,7,11-13H,2H2,1H3;4-5,11-12H,2-3H2,1H3/t2*10-;;;7-;/m00..0./s1/i3*11-1;3*10-1. The number of aliphatic hydroxyl groups excluding tert-OH is 4. The summed E-state index contributed by atoms with van der Waals surface area (Å²) in [6, 6.07) is 22.4. The first-order valence-corrected chi connectivity index (χ1v) is 25.1. The highest BCUT2D eigenvalue weighted by molar-refractivity contribution is 14.1. The van der Waals surface area contributed by atoms with Crippen LogP contribution in [0.1, 0.15) is 133 Å². The number of nitrogens with zero attached hydrogens (tertiary/aromatic N) is 1. The first-order chi connectivity index (χ1) is 35.4. The van der Waals surface area contributed by atoms with E-state index in [4.69, 9.17) is 36.4 Å². The smallest absolute Gasteiger partial charge is 0.164 e. The zero-order chi connectivity index (χ0) is 58.1. The van der Waals surface area contributed by atoms with Crippen molar-refractivity contribution in [2.45, 2.75) is 113 Å². The Kier molecular flexibility index (Phi) is 30.0. The summed E-state index contributed by atoms with van der Waals surface area (Å²) in [6.07, 6.45) is -1.25. The van der Waals surface area contributed by atoms with E-state index in [1.807, 2.05) is 57.2 Å². The number of aliphatic hydroxyl groups is 4. The van der Waals surface area contributed by atoms with E-state index in [9.17, 15) is 46.8 Å². The molecule has 0 saturated carbocycles. The lowest BCUT2D eigenvalue weighted by molar-refractivity contribution is 0.122. The molecule has 0 aromatic heterocycles. The minimum Gasteiger partial charge on any atom is -0.508 e. The quantitative estimate of drug-likeness (QED) is 0.0181. The summed E-state index contributed by atoms with van der Waals surface area (Å²) in [4.78, 5) is 4.03. The summed E-state index contributed by atoms with van der Waals surface area (Å²) < 4.78 is 77.6. The van der Waals surface area contributed by atoms with Crippen molar-refractivity contribution in [1.82, 2.24) is 0 Å². The Hall–Kier alpha value is -6.26. The molecule has 0 aliphatic rings. The summed E-state index contributed by atoms with van der Waals surface area (Å²) in [6.45, 7) is 17.0. The van der Waals surface area contributed by atoms with Crippen molar-refractivity contribution in [3.05, 3.63) is 175 Å². The number of phenols is 6. The van der Waals surface area contributed by atoms with Crippen LogP contribution in [0.4, 0.5) is 26.3 Å². The molecular weight excluding hydrogens is 1110 g/mol. The number of benzene rings is 6. The molecule has 6 rings (SSSR count). The maximum atomic E-state index is 13.1. The van der Waals surface area contributed by atoms with Crippen LogP contribution in [0.5, 0.6) is 34.5 Å². The van der Waals surface area contributed by atoms with E-state index >= 15 is 0 Å². The highest BCUT2D eigenvalue weighted by Gasteiger charge is 2.18. The van der Waals surface area contributed by atoms with Gasteiger partial charge >= 0.3 is 0 Å². The molecule has 418 valence electrons. The van der Waals surface area contributed by atoms with Crippen LogP contribution in [0.3, 0.4) is 0 Å². The highest BCUT2D eigenvalue weighted by Crippen LogP contribution is 2.32. The van der Waals surface area contributed by atoms with Crippen molar-refractivity contribution in [3.63, 3.8) is 0 Å². The molecule has 0 radical (unpaired) electrons. The van der Waals surface area contributed by atoms with Crippen LogP contribution >= 0.6 is 22.6 Å². The van der Waals surface area contributed by atoms with Gasteiger partial charge in [-0.2, -0.15) is 0 Å². The summed E-state index contributed by atoms with van der Waals surface area (Å²) in [5.74, 6) is -4.20. The molecule has 0 fully saturated rings. The minimum absolute atomic E-state index is 0.00204.